The topological polar surface area (TPSA) is 12.4 Å². The van der Waals surface area contributed by atoms with Gasteiger partial charge in [-0.1, -0.05) is 36.4 Å². The third-order valence-corrected chi connectivity index (χ3v) is 4.41. The van der Waals surface area contributed by atoms with Gasteiger partial charge in [-0.15, -0.1) is 0 Å². The summed E-state index contributed by atoms with van der Waals surface area (Å²) in [5.74, 6) is 0. The maximum atomic E-state index is 4.30. The highest BCUT2D eigenvalue weighted by atomic mass is 32.2. The van der Waals surface area contributed by atoms with Crippen LogP contribution in [-0.2, 0) is 6.42 Å². The zero-order chi connectivity index (χ0) is 11.9. The van der Waals surface area contributed by atoms with Crippen LogP contribution < -0.4 is 10.4 Å². The molecule has 0 bridgehead atoms. The average Bonchev–Trinajstić information content (AvgIpc) is 2.45. The highest BCUT2D eigenvalue weighted by Gasteiger charge is 2.14. The molecule has 0 fully saturated rings. The van der Waals surface area contributed by atoms with E-state index >= 15 is 0 Å². The van der Waals surface area contributed by atoms with Gasteiger partial charge in [-0.2, -0.15) is 0 Å². The van der Waals surface area contributed by atoms with E-state index in [0.29, 0.717) is 0 Å². The first-order valence-electron chi connectivity index (χ1n) is 6.04. The van der Waals surface area contributed by atoms with Crippen LogP contribution in [0.5, 0.6) is 0 Å². The van der Waals surface area contributed by atoms with Crippen LogP contribution in [0.4, 0.5) is 0 Å². The smallest absolute Gasteiger partial charge is 0.0419 e. The molecule has 0 N–H and O–H groups in total. The summed E-state index contributed by atoms with van der Waals surface area (Å²) in [5.41, 5.74) is 4.18. The molecule has 2 aromatic rings. The molecule has 0 unspecified atom stereocenters. The first kappa shape index (κ1) is 10.2. The fourth-order valence-corrected chi connectivity index (χ4v) is 3.37. The van der Waals surface area contributed by atoms with Gasteiger partial charge in [0, 0.05) is 23.1 Å². The largest absolute Gasteiger partial charge is 0.219 e. The molecule has 0 spiro atoms. The van der Waals surface area contributed by atoms with Gasteiger partial charge < -0.3 is 0 Å². The van der Waals surface area contributed by atoms with E-state index in [4.69, 9.17) is 0 Å². The molecule has 1 nitrogen and oxygen atoms in total. The molecule has 0 aromatic heterocycles. The van der Waals surface area contributed by atoms with Crippen molar-refractivity contribution in [3.63, 3.8) is 0 Å². The van der Waals surface area contributed by atoms with Crippen molar-refractivity contribution in [2.24, 2.45) is 4.40 Å². The predicted molar refractivity (Wildman–Crippen MR) is 77.3 cm³/mol. The van der Waals surface area contributed by atoms with Gasteiger partial charge in [0.25, 0.3) is 0 Å². The van der Waals surface area contributed by atoms with E-state index in [2.05, 4.69) is 52.9 Å². The van der Waals surface area contributed by atoms with Crippen molar-refractivity contribution >= 4 is 30.3 Å². The normalized spacial score (nSPS) is 14.9. The summed E-state index contributed by atoms with van der Waals surface area (Å²) < 4.78 is 4.30. The van der Waals surface area contributed by atoms with E-state index in [1.54, 1.807) is 11.9 Å². The van der Waals surface area contributed by atoms with Crippen LogP contribution >= 0.6 is 11.9 Å². The zero-order valence-corrected chi connectivity index (χ0v) is 10.6. The number of fused-ring (bicyclic) bond motifs is 4. The molecule has 0 saturated carbocycles. The molecule has 4 rings (SSSR count). The maximum Gasteiger partial charge on any atom is 0.0419 e. The van der Waals surface area contributed by atoms with Crippen LogP contribution in [0.25, 0.3) is 12.2 Å². The minimum atomic E-state index is 1.02. The highest BCUT2D eigenvalue weighted by molar-refractivity contribution is 7.98. The van der Waals surface area contributed by atoms with Crippen molar-refractivity contribution in [3.05, 3.63) is 63.5 Å². The van der Waals surface area contributed by atoms with Gasteiger partial charge in [0.15, 0.2) is 0 Å². The first-order valence-corrected chi connectivity index (χ1v) is 6.81. The summed E-state index contributed by atoms with van der Waals surface area (Å²) in [4.78, 5) is 1.32. The van der Waals surface area contributed by atoms with E-state index in [1.807, 2.05) is 6.21 Å². The Balaban J connectivity index is 2.05. The van der Waals surface area contributed by atoms with Crippen molar-refractivity contribution in [2.75, 3.05) is 0 Å². The molecule has 1 aliphatic heterocycles. The van der Waals surface area contributed by atoms with Gasteiger partial charge in [0.05, 0.1) is 0 Å². The maximum absolute atomic E-state index is 4.30. The minimum absolute atomic E-state index is 1.02. The Morgan fingerprint density at radius 1 is 1.00 bits per heavy atom. The Morgan fingerprint density at radius 3 is 2.89 bits per heavy atom. The van der Waals surface area contributed by atoms with Crippen LogP contribution in [0, 0.1) is 0 Å². The van der Waals surface area contributed by atoms with Crippen molar-refractivity contribution in [2.45, 2.75) is 11.3 Å². The Labute approximate surface area is 110 Å². The van der Waals surface area contributed by atoms with Crippen molar-refractivity contribution < 1.29 is 0 Å². The lowest BCUT2D eigenvalue weighted by atomic mass is 9.92. The monoisotopic (exact) mass is 249 g/mol. The second-order valence-corrected chi connectivity index (χ2v) is 5.39. The van der Waals surface area contributed by atoms with Gasteiger partial charge in [-0.05, 0) is 45.7 Å². The Morgan fingerprint density at radius 2 is 1.89 bits per heavy atom. The second kappa shape index (κ2) is 3.85. The predicted octanol–water partition coefficient (Wildman–Crippen LogP) is 2.29. The highest BCUT2D eigenvalue weighted by Crippen LogP contribution is 2.25. The van der Waals surface area contributed by atoms with Gasteiger partial charge in [-0.25, -0.2) is 4.40 Å². The molecule has 1 heterocycles. The van der Waals surface area contributed by atoms with E-state index in [9.17, 15) is 0 Å². The Bertz CT molecular complexity index is 787. The standard InChI is InChI=1S/C16H11NS/c1-2-4-13-10-15-14(9-12(13)3-1)6-5-11-7-8-17-18-16(11)15/h1-9H,10H2. The lowest BCUT2D eigenvalue weighted by Gasteiger charge is -2.17. The molecule has 18 heavy (non-hydrogen) atoms. The number of benzene rings is 2. The van der Waals surface area contributed by atoms with E-state index < -0.39 is 0 Å². The quantitative estimate of drug-likeness (QED) is 0.557. The number of rotatable bonds is 0. The van der Waals surface area contributed by atoms with Gasteiger partial charge >= 0.3 is 0 Å². The van der Waals surface area contributed by atoms with E-state index in [1.165, 1.54) is 32.0 Å². The average molecular weight is 249 g/mol. The van der Waals surface area contributed by atoms with E-state index in [0.717, 1.165) is 6.42 Å². The lowest BCUT2D eigenvalue weighted by Crippen LogP contribution is -2.23. The van der Waals surface area contributed by atoms with E-state index in [-0.39, 0.29) is 0 Å². The van der Waals surface area contributed by atoms with Crippen molar-refractivity contribution in [3.8, 4) is 0 Å². The summed E-state index contributed by atoms with van der Waals surface area (Å²) in [6, 6.07) is 13.0. The van der Waals surface area contributed by atoms with Crippen LogP contribution in [0.2, 0.25) is 0 Å². The SMILES string of the molecule is C1=NSc2c3c(ccc2=C1)=Cc1ccccc1C3. The summed E-state index contributed by atoms with van der Waals surface area (Å²) in [5, 5.41) is 2.63. The summed E-state index contributed by atoms with van der Waals surface area (Å²) >= 11 is 1.60. The molecule has 86 valence electrons. The van der Waals surface area contributed by atoms with Crippen molar-refractivity contribution in [1.29, 1.82) is 0 Å². The molecule has 1 aliphatic carbocycles. The third-order valence-electron chi connectivity index (χ3n) is 3.52. The Kier molecular flexibility index (Phi) is 2.17. The first-order chi connectivity index (χ1) is 8.92. The molecular weight excluding hydrogens is 238 g/mol. The number of hydrogen-bond acceptors (Lipinski definition) is 2. The van der Waals surface area contributed by atoms with Crippen LogP contribution in [-0.4, -0.2) is 6.21 Å². The minimum Gasteiger partial charge on any atom is -0.219 e. The summed E-state index contributed by atoms with van der Waals surface area (Å²) in [7, 11) is 0. The zero-order valence-electron chi connectivity index (χ0n) is 9.76. The third kappa shape index (κ3) is 1.46. The number of hydrogen-bond donors (Lipinski definition) is 0. The summed E-state index contributed by atoms with van der Waals surface area (Å²) in [6.45, 7) is 0. The van der Waals surface area contributed by atoms with Gasteiger partial charge in [0.1, 0.15) is 0 Å². The molecule has 0 radical (unpaired) electrons. The van der Waals surface area contributed by atoms with Gasteiger partial charge in [-0.3, -0.25) is 0 Å². The molecule has 2 aliphatic rings. The molecule has 0 saturated heterocycles. The Hall–Kier alpha value is -1.80. The second-order valence-electron chi connectivity index (χ2n) is 4.58. The van der Waals surface area contributed by atoms with Crippen molar-refractivity contribution in [1.82, 2.24) is 0 Å². The molecular formula is C16H11NS. The molecule has 2 heteroatoms. The number of nitrogens with zero attached hydrogens (tertiary/aromatic N) is 1. The van der Waals surface area contributed by atoms with Crippen LogP contribution in [0.3, 0.4) is 0 Å². The summed E-state index contributed by atoms with van der Waals surface area (Å²) in [6.07, 6.45) is 7.27. The van der Waals surface area contributed by atoms with Crippen LogP contribution in [0.15, 0.2) is 45.7 Å². The van der Waals surface area contributed by atoms with Crippen LogP contribution in [0.1, 0.15) is 16.7 Å². The van der Waals surface area contributed by atoms with Gasteiger partial charge in [0.2, 0.25) is 0 Å². The fourth-order valence-electron chi connectivity index (χ4n) is 2.61. The molecule has 2 aromatic carbocycles. The lowest BCUT2D eigenvalue weighted by molar-refractivity contribution is 1.07. The fraction of sp³-hybridized carbons (Fsp3) is 0.0625. The molecule has 0 amide bonds. The molecule has 0 atom stereocenters.